The van der Waals surface area contributed by atoms with Crippen molar-refractivity contribution in [2.45, 2.75) is 51.0 Å². The fourth-order valence-corrected chi connectivity index (χ4v) is 6.25. The van der Waals surface area contributed by atoms with Crippen molar-refractivity contribution in [2.75, 3.05) is 12.9 Å². The van der Waals surface area contributed by atoms with E-state index in [1.165, 1.54) is 11.1 Å². The topological polar surface area (TPSA) is 67.8 Å². The van der Waals surface area contributed by atoms with Gasteiger partial charge in [-0.05, 0) is 71.1 Å². The molecule has 1 N–H and O–H groups in total. The fraction of sp³-hybridized carbons (Fsp3) is 0.344. The third-order valence-electron chi connectivity index (χ3n) is 7.61. The second-order valence-electron chi connectivity index (χ2n) is 10.6. The van der Waals surface area contributed by atoms with E-state index in [0.29, 0.717) is 6.42 Å². The SMILES string of the molecule is CC1CC2=CNC(CCCc3cccc(CCOS(C)(=O)=O)c3)=NC2c2ccccc2C1c1ccccc1F. The number of rotatable bonds is 9. The third kappa shape index (κ3) is 6.65. The van der Waals surface area contributed by atoms with Crippen molar-refractivity contribution in [3.63, 3.8) is 0 Å². The smallest absolute Gasteiger partial charge is 0.264 e. The molecule has 0 aromatic heterocycles. The zero-order valence-corrected chi connectivity index (χ0v) is 23.3. The average molecular weight is 547 g/mol. The van der Waals surface area contributed by atoms with E-state index in [2.05, 4.69) is 48.8 Å². The Kier molecular flexibility index (Phi) is 8.29. The Labute approximate surface area is 231 Å². The Morgan fingerprint density at radius 3 is 2.36 bits per heavy atom. The summed E-state index contributed by atoms with van der Waals surface area (Å²) in [6.45, 7) is 2.36. The molecule has 3 aromatic carbocycles. The van der Waals surface area contributed by atoms with Crippen LogP contribution >= 0.6 is 0 Å². The van der Waals surface area contributed by atoms with E-state index in [1.54, 1.807) is 12.1 Å². The maximum Gasteiger partial charge on any atom is 0.264 e. The molecule has 3 atom stereocenters. The molecular weight excluding hydrogens is 511 g/mol. The molecule has 5 nitrogen and oxygen atoms in total. The molecule has 0 bridgehead atoms. The third-order valence-corrected chi connectivity index (χ3v) is 8.21. The molecule has 0 fully saturated rings. The number of aliphatic imine (C=N–C) groups is 1. The minimum absolute atomic E-state index is 0.0253. The number of hydrogen-bond donors (Lipinski definition) is 1. The molecule has 3 aromatic rings. The van der Waals surface area contributed by atoms with E-state index < -0.39 is 10.1 Å². The zero-order valence-electron chi connectivity index (χ0n) is 22.4. The van der Waals surface area contributed by atoms with Crippen LogP contribution in [0, 0.1) is 11.7 Å². The number of nitrogens with zero attached hydrogens (tertiary/aromatic N) is 1. The lowest BCUT2D eigenvalue weighted by atomic mass is 9.80. The molecule has 1 heterocycles. The summed E-state index contributed by atoms with van der Waals surface area (Å²) in [4.78, 5) is 5.17. The van der Waals surface area contributed by atoms with E-state index in [9.17, 15) is 12.8 Å². The summed E-state index contributed by atoms with van der Waals surface area (Å²) in [6, 6.07) is 23.7. The van der Waals surface area contributed by atoms with E-state index in [4.69, 9.17) is 9.18 Å². The van der Waals surface area contributed by atoms with Crippen LogP contribution < -0.4 is 5.32 Å². The molecule has 7 heteroatoms. The Balaban J connectivity index is 1.29. The van der Waals surface area contributed by atoms with Crippen LogP contribution in [0.15, 0.2) is 89.6 Å². The molecular formula is C32H35FN2O3S. The van der Waals surface area contributed by atoms with Gasteiger partial charge in [-0.1, -0.05) is 73.7 Å². The van der Waals surface area contributed by atoms with Crippen molar-refractivity contribution in [3.8, 4) is 0 Å². The van der Waals surface area contributed by atoms with Gasteiger partial charge in [0.25, 0.3) is 10.1 Å². The lowest BCUT2D eigenvalue weighted by Gasteiger charge is -2.24. The number of halogens is 1. The van der Waals surface area contributed by atoms with Crippen LogP contribution in [0.5, 0.6) is 0 Å². The standard InChI is InChI=1S/C32H35FN2O3S/c1-22-19-25-21-34-30(16-8-11-23-9-7-10-24(20-23)17-18-38-39(2,36)37)35-32(25)27-13-4-3-12-26(27)31(22)28-14-5-6-15-29(28)33/h3-7,9-10,12-15,20-22,31-32H,8,11,16-19H2,1-2H3,(H,34,35). The normalized spacial score (nSPS) is 20.6. The number of fused-ring (bicyclic) bond motifs is 3. The molecule has 1 aliphatic carbocycles. The largest absolute Gasteiger partial charge is 0.350 e. The first-order valence-corrected chi connectivity index (χ1v) is 15.4. The molecule has 0 radical (unpaired) electrons. The van der Waals surface area contributed by atoms with Gasteiger partial charge in [-0.2, -0.15) is 8.42 Å². The minimum atomic E-state index is -3.42. The van der Waals surface area contributed by atoms with Gasteiger partial charge < -0.3 is 5.32 Å². The van der Waals surface area contributed by atoms with Crippen molar-refractivity contribution in [3.05, 3.63) is 118 Å². The molecule has 5 rings (SSSR count). The number of amidine groups is 1. The van der Waals surface area contributed by atoms with Crippen LogP contribution in [0.4, 0.5) is 4.39 Å². The maximum atomic E-state index is 14.9. The van der Waals surface area contributed by atoms with E-state index in [0.717, 1.165) is 60.0 Å². The first kappa shape index (κ1) is 27.3. The van der Waals surface area contributed by atoms with Crippen LogP contribution in [-0.4, -0.2) is 27.1 Å². The number of benzene rings is 3. The lowest BCUT2D eigenvalue weighted by molar-refractivity contribution is 0.326. The highest BCUT2D eigenvalue weighted by Crippen LogP contribution is 2.47. The molecule has 0 amide bonds. The number of nitrogens with one attached hydrogen (secondary N) is 1. The Bertz CT molecular complexity index is 1500. The quantitative estimate of drug-likeness (QED) is 0.313. The molecule has 2 aliphatic rings. The summed E-state index contributed by atoms with van der Waals surface area (Å²) in [5.74, 6) is 1.01. The summed E-state index contributed by atoms with van der Waals surface area (Å²) >= 11 is 0. The molecule has 0 saturated carbocycles. The van der Waals surface area contributed by atoms with Gasteiger partial charge >= 0.3 is 0 Å². The van der Waals surface area contributed by atoms with Gasteiger partial charge in [-0.15, -0.1) is 0 Å². The molecule has 0 spiro atoms. The highest BCUT2D eigenvalue weighted by molar-refractivity contribution is 7.85. The predicted molar refractivity (Wildman–Crippen MR) is 154 cm³/mol. The Hall–Kier alpha value is -3.29. The summed E-state index contributed by atoms with van der Waals surface area (Å²) in [5.41, 5.74) is 6.57. The maximum absolute atomic E-state index is 14.9. The van der Waals surface area contributed by atoms with E-state index in [-0.39, 0.29) is 30.3 Å². The van der Waals surface area contributed by atoms with Gasteiger partial charge in [0.2, 0.25) is 0 Å². The van der Waals surface area contributed by atoms with Gasteiger partial charge in [-0.25, -0.2) is 4.39 Å². The van der Waals surface area contributed by atoms with Crippen molar-refractivity contribution in [2.24, 2.45) is 10.9 Å². The first-order chi connectivity index (χ1) is 18.8. The van der Waals surface area contributed by atoms with Gasteiger partial charge in [0, 0.05) is 18.5 Å². The highest BCUT2D eigenvalue weighted by atomic mass is 32.2. The zero-order chi connectivity index (χ0) is 27.4. The summed E-state index contributed by atoms with van der Waals surface area (Å²) in [7, 11) is -3.42. The van der Waals surface area contributed by atoms with Crippen molar-refractivity contribution in [1.82, 2.24) is 5.32 Å². The number of hydrogen-bond acceptors (Lipinski definition) is 5. The predicted octanol–water partition coefficient (Wildman–Crippen LogP) is 6.47. The second-order valence-corrected chi connectivity index (χ2v) is 12.2. The molecule has 1 aliphatic heterocycles. The average Bonchev–Trinajstić information content (AvgIpc) is 3.02. The second kappa shape index (κ2) is 11.8. The monoisotopic (exact) mass is 546 g/mol. The summed E-state index contributed by atoms with van der Waals surface area (Å²) < 4.78 is 42.2. The van der Waals surface area contributed by atoms with Crippen molar-refractivity contribution in [1.29, 1.82) is 0 Å². The molecule has 39 heavy (non-hydrogen) atoms. The van der Waals surface area contributed by atoms with Gasteiger partial charge in [0.05, 0.1) is 18.9 Å². The first-order valence-electron chi connectivity index (χ1n) is 13.6. The molecule has 204 valence electrons. The van der Waals surface area contributed by atoms with Crippen LogP contribution in [0.25, 0.3) is 0 Å². The van der Waals surface area contributed by atoms with E-state index >= 15 is 0 Å². The molecule has 0 saturated heterocycles. The minimum Gasteiger partial charge on any atom is -0.350 e. The van der Waals surface area contributed by atoms with Gasteiger partial charge in [0.15, 0.2) is 0 Å². The van der Waals surface area contributed by atoms with Crippen LogP contribution in [0.3, 0.4) is 0 Å². The summed E-state index contributed by atoms with van der Waals surface area (Å²) in [5, 5.41) is 3.44. The van der Waals surface area contributed by atoms with Crippen molar-refractivity contribution < 1.29 is 17.0 Å². The van der Waals surface area contributed by atoms with Crippen LogP contribution in [0.2, 0.25) is 0 Å². The fourth-order valence-electron chi connectivity index (χ4n) is 5.86. The number of aryl methyl sites for hydroxylation is 1. The Morgan fingerprint density at radius 2 is 1.62 bits per heavy atom. The highest BCUT2D eigenvalue weighted by Gasteiger charge is 2.35. The van der Waals surface area contributed by atoms with Crippen LogP contribution in [0.1, 0.15) is 66.0 Å². The van der Waals surface area contributed by atoms with Gasteiger partial charge in [-0.3, -0.25) is 9.18 Å². The van der Waals surface area contributed by atoms with E-state index in [1.807, 2.05) is 30.3 Å². The van der Waals surface area contributed by atoms with Crippen LogP contribution in [-0.2, 0) is 27.1 Å². The summed E-state index contributed by atoms with van der Waals surface area (Å²) in [6.07, 6.45) is 7.22. The Morgan fingerprint density at radius 1 is 0.923 bits per heavy atom. The molecule has 3 unspecified atom stereocenters. The van der Waals surface area contributed by atoms with Gasteiger partial charge in [0.1, 0.15) is 11.7 Å². The van der Waals surface area contributed by atoms with Crippen molar-refractivity contribution >= 4 is 16.0 Å². The lowest BCUT2D eigenvalue weighted by Crippen LogP contribution is -2.25.